The predicted molar refractivity (Wildman–Crippen MR) is 242 cm³/mol. The maximum Gasteiger partial charge on any atom is 0.306 e. The molecule has 0 fully saturated rings. The minimum Gasteiger partial charge on any atom is -0.462 e. The summed E-state index contributed by atoms with van der Waals surface area (Å²) in [6.45, 7) is 7.83. The highest BCUT2D eigenvalue weighted by molar-refractivity contribution is 5.70. The van der Waals surface area contributed by atoms with Gasteiger partial charge in [0.25, 0.3) is 0 Å². The summed E-state index contributed by atoms with van der Waals surface area (Å²) in [7, 11) is 0. The van der Waals surface area contributed by atoms with Crippen molar-refractivity contribution in [2.45, 2.75) is 271 Å². The Morgan fingerprint density at radius 2 is 0.750 bits per heavy atom. The average Bonchev–Trinajstić information content (AvgIpc) is 3.20. The Bertz CT molecular complexity index is 851. The van der Waals surface area contributed by atoms with Gasteiger partial charge in [-0.15, -0.1) is 0 Å². The van der Waals surface area contributed by atoms with Crippen molar-refractivity contribution in [2.75, 3.05) is 19.8 Å². The Morgan fingerprint density at radius 3 is 1.21 bits per heavy atom. The van der Waals surface area contributed by atoms with Gasteiger partial charge >= 0.3 is 11.9 Å². The smallest absolute Gasteiger partial charge is 0.306 e. The molecular weight excluding hydrogens is 693 g/mol. The molecule has 0 aromatic carbocycles. The second-order valence-corrected chi connectivity index (χ2v) is 16.7. The van der Waals surface area contributed by atoms with E-state index in [2.05, 4.69) is 45.1 Å². The van der Waals surface area contributed by atoms with Crippen LogP contribution in [0, 0.1) is 0 Å². The molecule has 0 aromatic rings. The van der Waals surface area contributed by atoms with E-state index in [0.29, 0.717) is 26.1 Å². The molecule has 0 aliphatic heterocycles. The van der Waals surface area contributed by atoms with Gasteiger partial charge in [-0.25, -0.2) is 0 Å². The number of ether oxygens (including phenoxy) is 3. The summed E-state index contributed by atoms with van der Waals surface area (Å²) >= 11 is 0. The van der Waals surface area contributed by atoms with Crippen LogP contribution in [0.2, 0.25) is 0 Å². The van der Waals surface area contributed by atoms with Crippen molar-refractivity contribution in [1.29, 1.82) is 0 Å². The maximum absolute atomic E-state index is 12.7. The van der Waals surface area contributed by atoms with Gasteiger partial charge in [-0.05, 0) is 51.4 Å². The van der Waals surface area contributed by atoms with Crippen LogP contribution in [-0.4, -0.2) is 37.9 Å². The summed E-state index contributed by atoms with van der Waals surface area (Å²) in [5.41, 5.74) is 0. The summed E-state index contributed by atoms with van der Waals surface area (Å²) in [6, 6.07) is 0. The molecule has 0 radical (unpaired) electrons. The SMILES string of the molecule is CCCCC/C=C\C/C=C\CCCCCCCCCC(=O)OCC(COCCCCCCCCCCCC)OC(=O)CCCCCCCCCCCCCCC. The monoisotopic (exact) mass is 789 g/mol. The molecule has 0 spiro atoms. The third kappa shape index (κ3) is 45.1. The van der Waals surface area contributed by atoms with Crippen LogP contribution < -0.4 is 0 Å². The first kappa shape index (κ1) is 54.4. The van der Waals surface area contributed by atoms with Crippen molar-refractivity contribution >= 4 is 11.9 Å². The van der Waals surface area contributed by atoms with E-state index in [-0.39, 0.29) is 18.5 Å². The van der Waals surface area contributed by atoms with Crippen LogP contribution >= 0.6 is 0 Å². The second-order valence-electron chi connectivity index (χ2n) is 16.7. The van der Waals surface area contributed by atoms with Crippen LogP contribution in [0.1, 0.15) is 265 Å². The first-order chi connectivity index (χ1) is 27.6. The van der Waals surface area contributed by atoms with Crippen molar-refractivity contribution in [1.82, 2.24) is 0 Å². The predicted octanol–water partition coefficient (Wildman–Crippen LogP) is 16.5. The molecule has 0 saturated carbocycles. The third-order valence-electron chi connectivity index (χ3n) is 11.0. The molecule has 1 unspecified atom stereocenters. The highest BCUT2D eigenvalue weighted by Crippen LogP contribution is 2.15. The Morgan fingerprint density at radius 1 is 0.393 bits per heavy atom. The number of carbonyl (C=O) groups is 2. The number of hydrogen-bond acceptors (Lipinski definition) is 5. The standard InChI is InChI=1S/C51H96O5/c1-4-7-10-13-16-19-22-24-25-26-27-29-30-32-35-38-41-44-50(52)55-48-49(47-54-46-43-40-37-34-21-18-15-12-9-6-3)56-51(53)45-42-39-36-33-31-28-23-20-17-14-11-8-5-2/h16,19,24-25,49H,4-15,17-18,20-23,26-48H2,1-3H3/b19-16-,25-24-. The minimum absolute atomic E-state index is 0.0882. The number of hydrogen-bond donors (Lipinski definition) is 0. The third-order valence-corrected chi connectivity index (χ3v) is 11.0. The topological polar surface area (TPSA) is 61.8 Å². The van der Waals surface area contributed by atoms with E-state index >= 15 is 0 Å². The van der Waals surface area contributed by atoms with Crippen LogP contribution in [0.5, 0.6) is 0 Å². The van der Waals surface area contributed by atoms with Crippen LogP contribution in [0.15, 0.2) is 24.3 Å². The molecule has 0 rings (SSSR count). The molecule has 0 aromatic heterocycles. The fraction of sp³-hybridized carbons (Fsp3) is 0.882. The number of carbonyl (C=O) groups excluding carboxylic acids is 2. The molecule has 0 aliphatic rings. The van der Waals surface area contributed by atoms with Crippen molar-refractivity contribution in [3.8, 4) is 0 Å². The Hall–Kier alpha value is -1.62. The normalized spacial score (nSPS) is 12.3. The van der Waals surface area contributed by atoms with Crippen LogP contribution in [0.4, 0.5) is 0 Å². The van der Waals surface area contributed by atoms with Crippen LogP contribution in [0.25, 0.3) is 0 Å². The molecule has 5 nitrogen and oxygen atoms in total. The summed E-state index contributed by atoms with van der Waals surface area (Å²) in [4.78, 5) is 25.3. The summed E-state index contributed by atoms with van der Waals surface area (Å²) in [5.74, 6) is -0.391. The average molecular weight is 789 g/mol. The molecule has 0 saturated heterocycles. The van der Waals surface area contributed by atoms with E-state index in [0.717, 1.165) is 44.9 Å². The molecule has 0 N–H and O–H groups in total. The number of esters is 2. The van der Waals surface area contributed by atoms with Crippen LogP contribution in [-0.2, 0) is 23.8 Å². The first-order valence-electron chi connectivity index (χ1n) is 24.9. The highest BCUT2D eigenvalue weighted by atomic mass is 16.6. The van der Waals surface area contributed by atoms with Gasteiger partial charge in [-0.3, -0.25) is 9.59 Å². The largest absolute Gasteiger partial charge is 0.462 e. The minimum atomic E-state index is -0.529. The lowest BCUT2D eigenvalue weighted by Crippen LogP contribution is -2.30. The summed E-state index contributed by atoms with van der Waals surface area (Å²) in [5, 5.41) is 0. The van der Waals surface area contributed by atoms with E-state index in [4.69, 9.17) is 14.2 Å². The summed E-state index contributed by atoms with van der Waals surface area (Å²) in [6.07, 6.45) is 54.6. The quantitative estimate of drug-likeness (QED) is 0.0349. The van der Waals surface area contributed by atoms with E-state index in [1.54, 1.807) is 0 Å². The van der Waals surface area contributed by atoms with Gasteiger partial charge in [0.2, 0.25) is 0 Å². The van der Waals surface area contributed by atoms with Gasteiger partial charge in [0, 0.05) is 19.4 Å². The number of allylic oxidation sites excluding steroid dienone is 4. The zero-order valence-electron chi connectivity index (χ0n) is 37.9. The van der Waals surface area contributed by atoms with Crippen LogP contribution in [0.3, 0.4) is 0 Å². The Kier molecular flexibility index (Phi) is 46.4. The van der Waals surface area contributed by atoms with Gasteiger partial charge in [-0.2, -0.15) is 0 Å². The lowest BCUT2D eigenvalue weighted by molar-refractivity contribution is -0.163. The van der Waals surface area contributed by atoms with Crippen molar-refractivity contribution in [2.24, 2.45) is 0 Å². The molecule has 56 heavy (non-hydrogen) atoms. The first-order valence-corrected chi connectivity index (χ1v) is 24.9. The van der Waals surface area contributed by atoms with Gasteiger partial charge < -0.3 is 14.2 Å². The van der Waals surface area contributed by atoms with Gasteiger partial charge in [0.05, 0.1) is 6.61 Å². The van der Waals surface area contributed by atoms with E-state index in [1.807, 2.05) is 0 Å². The van der Waals surface area contributed by atoms with Crippen molar-refractivity contribution in [3.05, 3.63) is 24.3 Å². The van der Waals surface area contributed by atoms with Gasteiger partial charge in [0.1, 0.15) is 6.61 Å². The highest BCUT2D eigenvalue weighted by Gasteiger charge is 2.17. The molecule has 0 amide bonds. The Labute approximate surface area is 349 Å². The molecule has 330 valence electrons. The van der Waals surface area contributed by atoms with E-state index in [1.165, 1.54) is 186 Å². The molecule has 5 heteroatoms. The van der Waals surface area contributed by atoms with Crippen molar-refractivity contribution in [3.63, 3.8) is 0 Å². The zero-order chi connectivity index (χ0) is 40.7. The molecular formula is C51H96O5. The lowest BCUT2D eigenvalue weighted by Gasteiger charge is -2.18. The lowest BCUT2D eigenvalue weighted by atomic mass is 10.0. The maximum atomic E-state index is 12.7. The summed E-state index contributed by atoms with van der Waals surface area (Å²) < 4.78 is 17.4. The Balaban J connectivity index is 4.19. The van der Waals surface area contributed by atoms with Gasteiger partial charge in [0.15, 0.2) is 6.10 Å². The molecule has 0 aliphatic carbocycles. The fourth-order valence-corrected chi connectivity index (χ4v) is 7.25. The molecule has 1 atom stereocenters. The van der Waals surface area contributed by atoms with Crippen molar-refractivity contribution < 1.29 is 23.8 Å². The van der Waals surface area contributed by atoms with E-state index < -0.39 is 6.10 Å². The van der Waals surface area contributed by atoms with E-state index in [9.17, 15) is 9.59 Å². The van der Waals surface area contributed by atoms with Gasteiger partial charge in [-0.1, -0.05) is 225 Å². The fourth-order valence-electron chi connectivity index (χ4n) is 7.25. The zero-order valence-corrected chi connectivity index (χ0v) is 37.9. The number of unbranched alkanes of at least 4 members (excludes halogenated alkanes) is 31. The molecule has 0 heterocycles. The molecule has 0 bridgehead atoms. The second kappa shape index (κ2) is 47.8. The number of rotatable bonds is 46.